The van der Waals surface area contributed by atoms with Crippen LogP contribution in [0.5, 0.6) is 5.75 Å². The number of phenols is 1. The van der Waals surface area contributed by atoms with Crippen LogP contribution in [0.2, 0.25) is 0 Å². The molecule has 214 valence electrons. The van der Waals surface area contributed by atoms with Crippen molar-refractivity contribution in [1.29, 1.82) is 5.41 Å². The fourth-order valence-electron chi connectivity index (χ4n) is 6.29. The Bertz CT molecular complexity index is 1150. The molecule has 0 aromatic heterocycles. The fraction of sp³-hybridized carbons (Fsp3) is 0.576. The predicted octanol–water partition coefficient (Wildman–Crippen LogP) is 7.84. The van der Waals surface area contributed by atoms with E-state index in [1.807, 2.05) is 17.0 Å². The van der Waals surface area contributed by atoms with Gasteiger partial charge in [-0.2, -0.15) is 0 Å². The molecular formula is C33H48BrN3O2. The number of benzene rings is 2. The van der Waals surface area contributed by atoms with E-state index in [2.05, 4.69) is 77.6 Å². The summed E-state index contributed by atoms with van der Waals surface area (Å²) in [7, 11) is 0. The number of amidine groups is 1. The maximum atomic E-state index is 13.8. The van der Waals surface area contributed by atoms with Crippen molar-refractivity contribution in [2.75, 3.05) is 31.1 Å². The molecule has 2 fully saturated rings. The van der Waals surface area contributed by atoms with Gasteiger partial charge in [-0.25, -0.2) is 0 Å². The number of hydrogen-bond acceptors (Lipinski definition) is 4. The quantitative estimate of drug-likeness (QED) is 0.319. The number of para-hydroxylation sites is 1. The number of carbonyl (C=O) groups excluding carboxylic acids is 1. The summed E-state index contributed by atoms with van der Waals surface area (Å²) in [6, 6.07) is 12.4. The minimum Gasteiger partial charge on any atom is -0.507 e. The van der Waals surface area contributed by atoms with Crippen molar-refractivity contribution < 1.29 is 9.90 Å². The van der Waals surface area contributed by atoms with Crippen LogP contribution < -0.4 is 4.90 Å². The van der Waals surface area contributed by atoms with Crippen LogP contribution in [0.1, 0.15) is 107 Å². The van der Waals surface area contributed by atoms with Crippen LogP contribution in [0.3, 0.4) is 0 Å². The minimum atomic E-state index is -0.294. The molecule has 0 amide bonds. The van der Waals surface area contributed by atoms with Crippen molar-refractivity contribution in [2.45, 2.75) is 90.9 Å². The van der Waals surface area contributed by atoms with Gasteiger partial charge in [0.2, 0.25) is 0 Å². The van der Waals surface area contributed by atoms with Crippen molar-refractivity contribution >= 4 is 34.3 Å². The van der Waals surface area contributed by atoms with E-state index in [4.69, 9.17) is 0 Å². The first kappa shape index (κ1) is 31.2. The highest BCUT2D eigenvalue weighted by molar-refractivity contribution is 8.93. The lowest BCUT2D eigenvalue weighted by Gasteiger charge is -2.28. The molecule has 0 aliphatic carbocycles. The first-order chi connectivity index (χ1) is 17.8. The normalized spacial score (nSPS) is 19.9. The van der Waals surface area contributed by atoms with Gasteiger partial charge < -0.3 is 14.9 Å². The minimum absolute atomic E-state index is 0. The zero-order valence-corrected chi connectivity index (χ0v) is 26.6. The summed E-state index contributed by atoms with van der Waals surface area (Å²) in [5.74, 6) is 1.19. The number of rotatable bonds is 7. The summed E-state index contributed by atoms with van der Waals surface area (Å²) in [5, 5.41) is 20.4. The molecule has 2 saturated heterocycles. The van der Waals surface area contributed by atoms with Gasteiger partial charge in [0.25, 0.3) is 0 Å². The molecule has 4 rings (SSSR count). The van der Waals surface area contributed by atoms with Gasteiger partial charge in [-0.1, -0.05) is 73.1 Å². The average Bonchev–Trinajstić information content (AvgIpc) is 3.47. The second-order valence-electron chi connectivity index (χ2n) is 13.4. The number of nitrogens with one attached hydrogen (secondary N) is 1. The second kappa shape index (κ2) is 12.0. The maximum absolute atomic E-state index is 13.8. The summed E-state index contributed by atoms with van der Waals surface area (Å²) < 4.78 is 0. The van der Waals surface area contributed by atoms with E-state index >= 15 is 0 Å². The molecule has 2 atom stereocenters. The predicted molar refractivity (Wildman–Crippen MR) is 168 cm³/mol. The molecule has 2 aliphatic rings. The molecule has 2 heterocycles. The molecule has 0 saturated carbocycles. The summed E-state index contributed by atoms with van der Waals surface area (Å²) in [4.78, 5) is 18.3. The van der Waals surface area contributed by atoms with Crippen LogP contribution in [-0.4, -0.2) is 47.8 Å². The van der Waals surface area contributed by atoms with Gasteiger partial charge in [-0.05, 0) is 59.8 Å². The summed E-state index contributed by atoms with van der Waals surface area (Å²) in [5.41, 5.74) is 4.13. The van der Waals surface area contributed by atoms with Crippen molar-refractivity contribution in [2.24, 2.45) is 5.92 Å². The average molecular weight is 599 g/mol. The summed E-state index contributed by atoms with van der Waals surface area (Å²) in [6.07, 6.45) is 4.53. The summed E-state index contributed by atoms with van der Waals surface area (Å²) >= 11 is 0. The molecule has 0 bridgehead atoms. The highest BCUT2D eigenvalue weighted by atomic mass is 79.9. The highest BCUT2D eigenvalue weighted by Crippen LogP contribution is 2.43. The maximum Gasteiger partial charge on any atom is 0.182 e. The topological polar surface area (TPSA) is 67.6 Å². The van der Waals surface area contributed by atoms with Gasteiger partial charge >= 0.3 is 0 Å². The van der Waals surface area contributed by atoms with Crippen molar-refractivity contribution in [3.8, 4) is 5.75 Å². The van der Waals surface area contributed by atoms with Crippen molar-refractivity contribution in [3.63, 3.8) is 0 Å². The lowest BCUT2D eigenvalue weighted by Crippen LogP contribution is -2.32. The number of hydrogen-bond donors (Lipinski definition) is 2. The Morgan fingerprint density at radius 1 is 1.00 bits per heavy atom. The van der Waals surface area contributed by atoms with Crippen molar-refractivity contribution in [3.05, 3.63) is 58.7 Å². The number of anilines is 1. The Labute approximate surface area is 246 Å². The van der Waals surface area contributed by atoms with E-state index in [1.165, 1.54) is 24.1 Å². The van der Waals surface area contributed by atoms with Crippen LogP contribution in [0.15, 0.2) is 36.4 Å². The number of carbonyl (C=O) groups is 1. The SMILES string of the molecule is Br.CCC[C@H]1CN(CC(=O)c2cc(C(C)(C)C)c(O)c(C(C)(C)C)c2)C(=N)[C@@H]1c1ccccc1N1CCCC1. The van der Waals surface area contributed by atoms with E-state index in [9.17, 15) is 15.3 Å². The standard InChI is InChI=1S/C33H47N3O2.BrH/c1-8-13-22-20-36(31(34)29(22)24-14-9-10-15-27(24)35-16-11-12-17-35)21-28(37)23-18-25(32(2,3)4)30(38)26(19-23)33(5,6)7;/h9-10,14-15,18-19,22,29,34,38H,8,11-13,16-17,20-21H2,1-7H3;1H/t22-,29-;/m0./s1. The third kappa shape index (κ3) is 6.53. The first-order valence-corrected chi connectivity index (χ1v) is 14.4. The molecule has 2 aromatic carbocycles. The third-order valence-electron chi connectivity index (χ3n) is 8.32. The highest BCUT2D eigenvalue weighted by Gasteiger charge is 2.40. The van der Waals surface area contributed by atoms with Crippen LogP contribution in [0.4, 0.5) is 5.69 Å². The Kier molecular flexibility index (Phi) is 9.63. The number of phenolic OH excluding ortho intramolecular Hbond substituents is 1. The van der Waals surface area contributed by atoms with Gasteiger partial charge in [0.15, 0.2) is 5.78 Å². The first-order valence-electron chi connectivity index (χ1n) is 14.4. The van der Waals surface area contributed by atoms with Crippen LogP contribution in [0.25, 0.3) is 0 Å². The molecule has 5 nitrogen and oxygen atoms in total. The number of ketones is 1. The molecule has 0 spiro atoms. The molecule has 0 radical (unpaired) electrons. The van der Waals surface area contributed by atoms with E-state index < -0.39 is 0 Å². The zero-order valence-electron chi connectivity index (χ0n) is 24.9. The molecule has 6 heteroatoms. The van der Waals surface area contributed by atoms with Crippen LogP contribution >= 0.6 is 17.0 Å². The molecule has 2 N–H and O–H groups in total. The van der Waals surface area contributed by atoms with E-state index in [1.54, 1.807) is 0 Å². The second-order valence-corrected chi connectivity index (χ2v) is 13.4. The monoisotopic (exact) mass is 597 g/mol. The van der Waals surface area contributed by atoms with E-state index in [0.29, 0.717) is 17.3 Å². The molecule has 39 heavy (non-hydrogen) atoms. The third-order valence-corrected chi connectivity index (χ3v) is 8.32. The number of halogens is 1. The van der Waals surface area contributed by atoms with Gasteiger partial charge in [-0.15, -0.1) is 17.0 Å². The van der Waals surface area contributed by atoms with Crippen molar-refractivity contribution in [1.82, 2.24) is 4.90 Å². The van der Waals surface area contributed by atoms with Crippen LogP contribution in [-0.2, 0) is 10.8 Å². The Morgan fingerprint density at radius 3 is 2.10 bits per heavy atom. The van der Waals surface area contributed by atoms with E-state index in [0.717, 1.165) is 43.6 Å². The van der Waals surface area contributed by atoms with Gasteiger partial charge in [0.1, 0.15) is 11.6 Å². The Balaban J connectivity index is 0.00000420. The zero-order chi connectivity index (χ0) is 27.8. The number of nitrogens with zero attached hydrogens (tertiary/aromatic N) is 2. The Morgan fingerprint density at radius 2 is 1.56 bits per heavy atom. The van der Waals surface area contributed by atoms with Crippen LogP contribution in [0, 0.1) is 11.3 Å². The number of likely N-dealkylation sites (tertiary alicyclic amines) is 1. The molecular weight excluding hydrogens is 550 g/mol. The van der Waals surface area contributed by atoms with Gasteiger partial charge in [0, 0.05) is 47.9 Å². The Hall–Kier alpha value is -2.34. The van der Waals surface area contributed by atoms with Gasteiger partial charge in [0.05, 0.1) is 6.54 Å². The molecule has 2 aromatic rings. The lowest BCUT2D eigenvalue weighted by molar-refractivity contribution is 0.0963. The largest absolute Gasteiger partial charge is 0.507 e. The molecule has 0 unspecified atom stereocenters. The lowest BCUT2D eigenvalue weighted by atomic mass is 9.78. The fourth-order valence-corrected chi connectivity index (χ4v) is 6.29. The number of Topliss-reactive ketones (excluding diaryl/α,β-unsaturated/α-hetero) is 1. The summed E-state index contributed by atoms with van der Waals surface area (Å²) in [6.45, 7) is 17.7. The van der Waals surface area contributed by atoms with Gasteiger partial charge in [-0.3, -0.25) is 10.2 Å². The molecule has 2 aliphatic heterocycles. The number of aromatic hydroxyl groups is 1. The smallest absolute Gasteiger partial charge is 0.182 e. The van der Waals surface area contributed by atoms with E-state index in [-0.39, 0.29) is 51.8 Å².